The van der Waals surface area contributed by atoms with E-state index in [0.717, 1.165) is 23.1 Å². The molecule has 7 nitrogen and oxygen atoms in total. The van der Waals surface area contributed by atoms with Crippen LogP contribution in [-0.4, -0.2) is 34.4 Å². The first-order valence-electron chi connectivity index (χ1n) is 15.5. The van der Waals surface area contributed by atoms with Crippen LogP contribution in [0.15, 0.2) is 73.1 Å². The van der Waals surface area contributed by atoms with E-state index in [1.54, 1.807) is 12.4 Å². The van der Waals surface area contributed by atoms with Gasteiger partial charge in [-0.25, -0.2) is 0 Å². The normalized spacial score (nSPS) is 13.8. The van der Waals surface area contributed by atoms with Gasteiger partial charge in [0.25, 0.3) is 0 Å². The molecule has 2 amide bonds. The van der Waals surface area contributed by atoms with Gasteiger partial charge in [-0.2, -0.15) is 0 Å². The summed E-state index contributed by atoms with van der Waals surface area (Å²) in [5.74, 6) is -1.66. The molecule has 0 saturated carbocycles. The maximum absolute atomic E-state index is 13.7. The predicted molar refractivity (Wildman–Crippen MR) is 176 cm³/mol. The molecular weight excluding hydrogens is 550 g/mol. The Morgan fingerprint density at radius 2 is 1.50 bits per heavy atom. The second kappa shape index (κ2) is 15.1. The van der Waals surface area contributed by atoms with Gasteiger partial charge >= 0.3 is 5.97 Å². The van der Waals surface area contributed by atoms with Crippen molar-refractivity contribution in [3.63, 3.8) is 0 Å². The highest BCUT2D eigenvalue weighted by Crippen LogP contribution is 2.25. The summed E-state index contributed by atoms with van der Waals surface area (Å²) in [6.45, 7) is 15.2. The first kappa shape index (κ1) is 34.5. The molecule has 0 fully saturated rings. The van der Waals surface area contributed by atoms with Gasteiger partial charge in [0.05, 0.1) is 12.5 Å². The zero-order valence-corrected chi connectivity index (χ0v) is 27.6. The molecule has 0 bridgehead atoms. The van der Waals surface area contributed by atoms with Gasteiger partial charge in [-0.1, -0.05) is 74.9 Å². The number of carbonyl (C=O) groups excluding carboxylic acids is 3. The zero-order valence-electron chi connectivity index (χ0n) is 27.6. The summed E-state index contributed by atoms with van der Waals surface area (Å²) in [5.41, 5.74) is 4.41. The van der Waals surface area contributed by atoms with Crippen molar-refractivity contribution in [2.75, 3.05) is 0 Å². The van der Waals surface area contributed by atoms with Crippen LogP contribution in [0.1, 0.15) is 90.5 Å². The second-order valence-corrected chi connectivity index (χ2v) is 13.8. The van der Waals surface area contributed by atoms with Crippen LogP contribution in [0.3, 0.4) is 0 Å². The fourth-order valence-electron chi connectivity index (χ4n) is 5.12. The highest BCUT2D eigenvalue weighted by Gasteiger charge is 2.36. The molecule has 3 atom stereocenters. The molecule has 2 aromatic carbocycles. The van der Waals surface area contributed by atoms with Gasteiger partial charge < -0.3 is 15.4 Å². The lowest BCUT2D eigenvalue weighted by molar-refractivity contribution is -0.157. The number of rotatable bonds is 12. The van der Waals surface area contributed by atoms with E-state index in [4.69, 9.17) is 4.74 Å². The summed E-state index contributed by atoms with van der Waals surface area (Å²) in [5, 5.41) is 6.02. The van der Waals surface area contributed by atoms with Crippen molar-refractivity contribution in [3.05, 3.63) is 89.7 Å². The van der Waals surface area contributed by atoms with E-state index >= 15 is 0 Å². The molecule has 0 spiro atoms. The lowest BCUT2D eigenvalue weighted by atomic mass is 9.85. The molecule has 1 heterocycles. The average Bonchev–Trinajstić information content (AvgIpc) is 2.94. The van der Waals surface area contributed by atoms with Crippen LogP contribution in [0.2, 0.25) is 0 Å². The van der Waals surface area contributed by atoms with Crippen LogP contribution < -0.4 is 10.6 Å². The Labute approximate surface area is 263 Å². The monoisotopic (exact) mass is 599 g/mol. The minimum absolute atomic E-state index is 0.0543. The van der Waals surface area contributed by atoms with Gasteiger partial charge in [-0.05, 0) is 93.7 Å². The summed E-state index contributed by atoms with van der Waals surface area (Å²) >= 11 is 0. The number of hydrogen-bond acceptors (Lipinski definition) is 5. The standard InChI is InChI=1S/C37H49N3O4/c1-25-11-9-13-30(23-25)29-17-15-27(16-18-29)12-10-14-31(24-32(41)44-37(6,7)8)34(42)40-33(36(3,4)5)35(43)39-26(2)28-19-21-38-22-20-28/h9,11,13,15-23,26,31,33H,10,12,14,24H2,1-8H3,(H,39,43)(H,40,42)/t26-,31-,33-/m1/s1. The number of hydrogen-bond donors (Lipinski definition) is 2. The first-order chi connectivity index (χ1) is 20.6. The molecule has 0 aliphatic carbocycles. The highest BCUT2D eigenvalue weighted by atomic mass is 16.6. The fourth-order valence-corrected chi connectivity index (χ4v) is 5.12. The molecule has 0 aliphatic heterocycles. The van der Waals surface area contributed by atoms with Crippen LogP contribution in [0.4, 0.5) is 0 Å². The van der Waals surface area contributed by atoms with Crippen molar-refractivity contribution in [2.24, 2.45) is 11.3 Å². The zero-order chi connectivity index (χ0) is 32.5. The molecule has 0 aliphatic rings. The summed E-state index contributed by atoms with van der Waals surface area (Å²) in [4.78, 5) is 44.1. The molecule has 7 heteroatoms. The topological polar surface area (TPSA) is 97.4 Å². The predicted octanol–water partition coefficient (Wildman–Crippen LogP) is 7.14. The molecule has 236 valence electrons. The number of ether oxygens (including phenoxy) is 1. The van der Waals surface area contributed by atoms with Crippen LogP contribution in [0.25, 0.3) is 11.1 Å². The van der Waals surface area contributed by atoms with Gasteiger partial charge in [0, 0.05) is 18.3 Å². The quantitative estimate of drug-likeness (QED) is 0.216. The molecule has 3 aromatic rings. The molecular formula is C37H49N3O4. The van der Waals surface area contributed by atoms with Crippen molar-refractivity contribution in [1.82, 2.24) is 15.6 Å². The third-order valence-corrected chi connectivity index (χ3v) is 7.51. The number of benzene rings is 2. The summed E-state index contributed by atoms with van der Waals surface area (Å²) in [7, 11) is 0. The number of pyridine rings is 1. The maximum Gasteiger partial charge on any atom is 0.307 e. The lowest BCUT2D eigenvalue weighted by Crippen LogP contribution is -2.55. The minimum Gasteiger partial charge on any atom is -0.460 e. The summed E-state index contributed by atoms with van der Waals surface area (Å²) < 4.78 is 5.56. The Morgan fingerprint density at radius 1 is 0.841 bits per heavy atom. The van der Waals surface area contributed by atoms with E-state index in [9.17, 15) is 14.4 Å². The molecule has 0 radical (unpaired) electrons. The van der Waals surface area contributed by atoms with E-state index in [-0.39, 0.29) is 24.3 Å². The summed E-state index contributed by atoms with van der Waals surface area (Å²) in [6.07, 6.45) is 5.26. The second-order valence-electron chi connectivity index (χ2n) is 13.8. The number of esters is 1. The number of carbonyl (C=O) groups is 3. The smallest absolute Gasteiger partial charge is 0.307 e. The number of nitrogens with one attached hydrogen (secondary N) is 2. The van der Waals surface area contributed by atoms with Gasteiger partial charge in [-0.3, -0.25) is 19.4 Å². The minimum atomic E-state index is -0.797. The van der Waals surface area contributed by atoms with E-state index in [0.29, 0.717) is 12.8 Å². The van der Waals surface area contributed by atoms with Crippen molar-refractivity contribution < 1.29 is 19.1 Å². The van der Waals surface area contributed by atoms with Crippen LogP contribution in [-0.2, 0) is 25.5 Å². The molecule has 0 saturated heterocycles. The Morgan fingerprint density at radius 3 is 2.09 bits per heavy atom. The summed E-state index contributed by atoms with van der Waals surface area (Å²) in [6, 6.07) is 19.5. The Bertz CT molecular complexity index is 1390. The largest absolute Gasteiger partial charge is 0.460 e. The third-order valence-electron chi connectivity index (χ3n) is 7.51. The Hall–Kier alpha value is -4.00. The number of nitrogens with zero attached hydrogens (tertiary/aromatic N) is 1. The third kappa shape index (κ3) is 10.9. The SMILES string of the molecule is Cc1cccc(-c2ccc(CCC[C@H](CC(=O)OC(C)(C)C)C(=O)N[C@H](C(=O)N[C@H](C)c3ccncc3)C(C)(C)C)cc2)c1. The molecule has 0 unspecified atom stereocenters. The first-order valence-corrected chi connectivity index (χ1v) is 15.5. The van der Waals surface area contributed by atoms with Crippen molar-refractivity contribution in [1.29, 1.82) is 0 Å². The van der Waals surface area contributed by atoms with Crippen molar-refractivity contribution in [2.45, 2.75) is 98.8 Å². The molecule has 2 N–H and O–H groups in total. The number of aromatic nitrogens is 1. The number of amides is 2. The average molecular weight is 600 g/mol. The van der Waals surface area contributed by atoms with Crippen LogP contribution in [0, 0.1) is 18.3 Å². The fraction of sp³-hybridized carbons (Fsp3) is 0.459. The van der Waals surface area contributed by atoms with Gasteiger partial charge in [0.1, 0.15) is 11.6 Å². The van der Waals surface area contributed by atoms with E-state index in [1.807, 2.05) is 60.6 Å². The van der Waals surface area contributed by atoms with Gasteiger partial charge in [0.15, 0.2) is 0 Å². The van der Waals surface area contributed by atoms with E-state index in [2.05, 4.69) is 71.1 Å². The Balaban J connectivity index is 1.70. The molecule has 1 aromatic heterocycles. The Kier molecular flexibility index (Phi) is 11.9. The van der Waals surface area contributed by atoms with Crippen LogP contribution in [0.5, 0.6) is 0 Å². The van der Waals surface area contributed by atoms with Crippen molar-refractivity contribution in [3.8, 4) is 11.1 Å². The van der Waals surface area contributed by atoms with E-state index in [1.165, 1.54) is 11.1 Å². The van der Waals surface area contributed by atoms with E-state index < -0.39 is 28.9 Å². The highest BCUT2D eigenvalue weighted by molar-refractivity contribution is 5.90. The molecule has 3 rings (SSSR count). The lowest BCUT2D eigenvalue weighted by Gasteiger charge is -2.33. The van der Waals surface area contributed by atoms with Gasteiger partial charge in [-0.15, -0.1) is 0 Å². The molecule has 44 heavy (non-hydrogen) atoms. The maximum atomic E-state index is 13.7. The van der Waals surface area contributed by atoms with Gasteiger partial charge in [0.2, 0.25) is 11.8 Å². The number of aryl methyl sites for hydroxylation is 2. The van der Waals surface area contributed by atoms with Crippen LogP contribution >= 0.6 is 0 Å². The van der Waals surface area contributed by atoms with Crippen molar-refractivity contribution >= 4 is 17.8 Å².